The molecule has 2 N–H and O–H groups in total. The van der Waals surface area contributed by atoms with Gasteiger partial charge < -0.3 is 19.8 Å². The summed E-state index contributed by atoms with van der Waals surface area (Å²) in [5.74, 6) is 3.08. The summed E-state index contributed by atoms with van der Waals surface area (Å²) in [7, 11) is 0. The van der Waals surface area contributed by atoms with Gasteiger partial charge in [-0.1, -0.05) is 23.6 Å². The summed E-state index contributed by atoms with van der Waals surface area (Å²) < 4.78 is 26.2. The zero-order valence-electron chi connectivity index (χ0n) is 19.3. The summed E-state index contributed by atoms with van der Waals surface area (Å²) in [4.78, 5) is 17.9. The van der Waals surface area contributed by atoms with E-state index >= 15 is 0 Å². The van der Waals surface area contributed by atoms with E-state index in [0.29, 0.717) is 47.5 Å². The molecule has 6 nitrogen and oxygen atoms in total. The number of halogens is 2. The van der Waals surface area contributed by atoms with Gasteiger partial charge in [0.05, 0.1) is 11.3 Å². The van der Waals surface area contributed by atoms with Gasteiger partial charge in [0.15, 0.2) is 5.58 Å². The van der Waals surface area contributed by atoms with Crippen molar-refractivity contribution in [1.82, 2.24) is 10.3 Å². The molecular weight excluding hydrogens is 477 g/mol. The molecule has 0 radical (unpaired) electrons. The van der Waals surface area contributed by atoms with Crippen LogP contribution in [-0.4, -0.2) is 28.4 Å². The predicted molar refractivity (Wildman–Crippen MR) is 133 cm³/mol. The van der Waals surface area contributed by atoms with E-state index in [4.69, 9.17) is 27.2 Å². The molecule has 1 aliphatic rings. The summed E-state index contributed by atoms with van der Waals surface area (Å²) in [5, 5.41) is 8.40. The van der Waals surface area contributed by atoms with Crippen LogP contribution in [0.25, 0.3) is 11.1 Å². The molecule has 3 aromatic heterocycles. The SMILES string of the molecule is C#Cc1c(C[C@H](CC2(F)CC2)NC(=O)OC(C)(C)C)oc2c(NCc3cccs3)cc(Cl)nc12. The predicted octanol–water partition coefficient (Wildman–Crippen LogP) is 6.46. The van der Waals surface area contributed by atoms with Crippen molar-refractivity contribution >= 4 is 45.8 Å². The average molecular weight is 504 g/mol. The molecule has 0 bridgehead atoms. The third-order valence-corrected chi connectivity index (χ3v) is 6.49. The summed E-state index contributed by atoms with van der Waals surface area (Å²) in [6, 6.07) is 5.12. The van der Waals surface area contributed by atoms with Crippen LogP contribution in [0.15, 0.2) is 28.0 Å². The standard InChI is InChI=1S/C25H27ClFN3O3S/c1-5-17-19(11-15(13-25(27)8-9-25)29-23(31)33-24(2,3)4)32-22-18(12-20(26)30-21(17)22)28-14-16-7-6-10-34-16/h1,6-7,10,12,15H,8-9,11,13-14H2,2-4H3,(H,28,30)(H,29,31)/t15-/m1/s1. The number of carbonyl (C=O) groups is 1. The van der Waals surface area contributed by atoms with E-state index in [9.17, 15) is 9.18 Å². The molecule has 1 atom stereocenters. The van der Waals surface area contributed by atoms with Crippen molar-refractivity contribution in [2.45, 2.75) is 70.3 Å². The normalized spacial score (nSPS) is 15.5. The molecule has 1 fully saturated rings. The Morgan fingerprint density at radius 3 is 2.85 bits per heavy atom. The van der Waals surface area contributed by atoms with Crippen molar-refractivity contribution in [3.8, 4) is 12.3 Å². The monoisotopic (exact) mass is 503 g/mol. The molecule has 3 heterocycles. The molecule has 1 amide bonds. The fourth-order valence-corrected chi connectivity index (χ4v) is 4.59. The number of fused-ring (bicyclic) bond motifs is 1. The van der Waals surface area contributed by atoms with Gasteiger partial charge >= 0.3 is 6.09 Å². The largest absolute Gasteiger partial charge is 0.456 e. The first-order chi connectivity index (χ1) is 16.0. The quantitative estimate of drug-likeness (QED) is 0.272. The topological polar surface area (TPSA) is 76.4 Å². The van der Waals surface area contributed by atoms with E-state index in [1.807, 2.05) is 17.5 Å². The number of carbonyl (C=O) groups excluding carboxylic acids is 1. The van der Waals surface area contributed by atoms with E-state index in [1.165, 1.54) is 0 Å². The second-order valence-electron chi connectivity index (χ2n) is 9.55. The molecule has 0 aliphatic heterocycles. The van der Waals surface area contributed by atoms with Crippen molar-refractivity contribution in [3.05, 3.63) is 44.9 Å². The number of alkyl carbamates (subject to hydrolysis) is 1. The molecule has 0 saturated heterocycles. The zero-order chi connectivity index (χ0) is 24.5. The number of nitrogens with zero attached hydrogens (tertiary/aromatic N) is 1. The number of alkyl halides is 1. The fourth-order valence-electron chi connectivity index (χ4n) is 3.75. The molecule has 9 heteroatoms. The van der Waals surface area contributed by atoms with Gasteiger partial charge in [0.25, 0.3) is 0 Å². The van der Waals surface area contributed by atoms with Crippen LogP contribution in [0, 0.1) is 12.3 Å². The number of hydrogen-bond acceptors (Lipinski definition) is 6. The lowest BCUT2D eigenvalue weighted by Gasteiger charge is -2.24. The minimum absolute atomic E-state index is 0.144. The number of thiophene rings is 1. The first-order valence-corrected chi connectivity index (χ1v) is 12.3. The first kappa shape index (κ1) is 24.4. The van der Waals surface area contributed by atoms with Gasteiger partial charge in [-0.2, -0.15) is 0 Å². The van der Waals surface area contributed by atoms with Crippen LogP contribution < -0.4 is 10.6 Å². The number of anilines is 1. The Hall–Kier alpha value is -2.76. The van der Waals surface area contributed by atoms with Crippen LogP contribution in [-0.2, 0) is 17.7 Å². The lowest BCUT2D eigenvalue weighted by atomic mass is 10.0. The number of aromatic nitrogens is 1. The van der Waals surface area contributed by atoms with Crippen LogP contribution in [0.1, 0.15) is 56.2 Å². The number of ether oxygens (including phenoxy) is 1. The highest BCUT2D eigenvalue weighted by atomic mass is 35.5. The number of hydrogen-bond donors (Lipinski definition) is 2. The number of furan rings is 1. The highest BCUT2D eigenvalue weighted by Gasteiger charge is 2.45. The molecule has 3 aromatic rings. The van der Waals surface area contributed by atoms with Gasteiger partial charge in [-0.25, -0.2) is 14.2 Å². The van der Waals surface area contributed by atoms with Crippen molar-refractivity contribution in [1.29, 1.82) is 0 Å². The van der Waals surface area contributed by atoms with Crippen molar-refractivity contribution in [3.63, 3.8) is 0 Å². The van der Waals surface area contributed by atoms with Crippen LogP contribution in [0.2, 0.25) is 5.15 Å². The van der Waals surface area contributed by atoms with Gasteiger partial charge in [-0.15, -0.1) is 17.8 Å². The summed E-state index contributed by atoms with van der Waals surface area (Å²) in [6.45, 7) is 5.90. The molecule has 180 valence electrons. The van der Waals surface area contributed by atoms with Gasteiger partial charge in [0.1, 0.15) is 27.7 Å². The van der Waals surface area contributed by atoms with E-state index in [0.717, 1.165) is 4.88 Å². The van der Waals surface area contributed by atoms with E-state index in [2.05, 4.69) is 21.5 Å². The van der Waals surface area contributed by atoms with Crippen molar-refractivity contribution < 1.29 is 18.3 Å². The Labute approximate surface area is 207 Å². The number of pyridine rings is 1. The highest BCUT2D eigenvalue weighted by molar-refractivity contribution is 7.09. The van der Waals surface area contributed by atoms with Gasteiger partial charge in [0, 0.05) is 36.4 Å². The Bertz CT molecular complexity index is 1220. The molecule has 0 unspecified atom stereocenters. The Kier molecular flexibility index (Phi) is 6.79. The lowest BCUT2D eigenvalue weighted by Crippen LogP contribution is -2.41. The lowest BCUT2D eigenvalue weighted by molar-refractivity contribution is 0.0491. The summed E-state index contributed by atoms with van der Waals surface area (Å²) in [6.07, 6.45) is 6.48. The smallest absolute Gasteiger partial charge is 0.407 e. The third kappa shape index (κ3) is 6.02. The molecule has 34 heavy (non-hydrogen) atoms. The molecular formula is C25H27ClFN3O3S. The maximum absolute atomic E-state index is 14.7. The minimum atomic E-state index is -1.29. The number of rotatable bonds is 8. The molecule has 4 rings (SSSR count). The first-order valence-electron chi connectivity index (χ1n) is 11.1. The van der Waals surface area contributed by atoms with Crippen LogP contribution in [0.5, 0.6) is 0 Å². The molecule has 0 aromatic carbocycles. The Morgan fingerprint density at radius 1 is 1.47 bits per heavy atom. The molecule has 1 aliphatic carbocycles. The van der Waals surface area contributed by atoms with Crippen LogP contribution >= 0.6 is 22.9 Å². The molecule has 1 saturated carbocycles. The Balaban J connectivity index is 1.62. The highest BCUT2D eigenvalue weighted by Crippen LogP contribution is 2.44. The van der Waals surface area contributed by atoms with Gasteiger partial charge in [-0.05, 0) is 45.1 Å². The second-order valence-corrected chi connectivity index (χ2v) is 11.0. The maximum Gasteiger partial charge on any atom is 0.407 e. The summed E-state index contributed by atoms with van der Waals surface area (Å²) in [5.41, 5.74) is 0.0619. The van der Waals surface area contributed by atoms with Gasteiger partial charge in [-0.3, -0.25) is 0 Å². The van der Waals surface area contributed by atoms with E-state index < -0.39 is 23.4 Å². The number of terminal acetylenes is 1. The minimum Gasteiger partial charge on any atom is -0.456 e. The number of nitrogens with one attached hydrogen (secondary N) is 2. The van der Waals surface area contributed by atoms with Crippen LogP contribution in [0.4, 0.5) is 14.9 Å². The second kappa shape index (κ2) is 9.47. The van der Waals surface area contributed by atoms with Crippen molar-refractivity contribution in [2.75, 3.05) is 5.32 Å². The average Bonchev–Trinajstić information content (AvgIpc) is 3.12. The fraction of sp³-hybridized carbons (Fsp3) is 0.440. The van der Waals surface area contributed by atoms with E-state index in [-0.39, 0.29) is 18.0 Å². The van der Waals surface area contributed by atoms with Crippen LogP contribution in [0.3, 0.4) is 0 Å². The Morgan fingerprint density at radius 2 is 2.24 bits per heavy atom. The molecule has 0 spiro atoms. The zero-order valence-corrected chi connectivity index (χ0v) is 20.9. The summed E-state index contributed by atoms with van der Waals surface area (Å²) >= 11 is 7.90. The third-order valence-electron chi connectivity index (χ3n) is 5.42. The van der Waals surface area contributed by atoms with Crippen molar-refractivity contribution in [2.24, 2.45) is 0 Å². The maximum atomic E-state index is 14.7. The number of amides is 1. The van der Waals surface area contributed by atoms with E-state index in [1.54, 1.807) is 38.2 Å². The van der Waals surface area contributed by atoms with Gasteiger partial charge in [0.2, 0.25) is 0 Å².